The van der Waals surface area contributed by atoms with Crippen LogP contribution < -0.4 is 11.1 Å². The van der Waals surface area contributed by atoms with Crippen molar-refractivity contribution in [3.8, 4) is 0 Å². The lowest BCUT2D eigenvalue weighted by molar-refractivity contribution is 0.129. The first-order valence-corrected chi connectivity index (χ1v) is 15.7. The van der Waals surface area contributed by atoms with E-state index in [0.29, 0.717) is 0 Å². The third kappa shape index (κ3) is 21.8. The number of aliphatic hydroxyl groups excluding tert-OH is 4. The van der Waals surface area contributed by atoms with Crippen molar-refractivity contribution in [2.45, 2.75) is 110 Å². The number of aliphatic hydroxyl groups is 4. The molecule has 0 aliphatic heterocycles. The fourth-order valence-corrected chi connectivity index (χ4v) is 3.95. The minimum atomic E-state index is -4.02. The second kappa shape index (κ2) is 24.5. The summed E-state index contributed by atoms with van der Waals surface area (Å²) in [5.41, 5.74) is 6.97. The standard InChI is InChI=1S/C15H25NO2.C7H17NO.C7H8O3S.C2H6O.CH4/c1-3-4-10-15(2,12-18)16-14(11-17)13-8-6-5-7-9-13;1-3-4-5-7(2,8)6-9;1-6-2-4-7(5-3-6)11(8,9)10;1-2-3;/h5-9,14,16-18H,3-4,10-12H2,1-2H3;9H,3-6,8H2,1-2H3;2-5H,1H3,(H,8,9,10);3H,2H2,1H3;1H4/t14-,15+;7-;;;/m01.../s1. The molecule has 2 aromatic carbocycles. The van der Waals surface area contributed by atoms with E-state index in [2.05, 4.69) is 19.2 Å². The SMILES string of the molecule is C.CCCC[C@@](C)(N)CO.CCCC[C@](C)(CO)N[C@@H](CO)c1ccccc1.CCO.Cc1ccc(S(=O)(=O)O)cc1. The van der Waals surface area contributed by atoms with Gasteiger partial charge in [-0.1, -0.05) is 95.0 Å². The number of nitrogens with two attached hydrogens (primary N) is 1. The lowest BCUT2D eigenvalue weighted by Gasteiger charge is -2.33. The Balaban J connectivity index is -0.000000545. The maximum absolute atomic E-state index is 10.5. The van der Waals surface area contributed by atoms with Gasteiger partial charge in [0.25, 0.3) is 10.1 Å². The van der Waals surface area contributed by atoms with E-state index >= 15 is 0 Å². The summed E-state index contributed by atoms with van der Waals surface area (Å²) in [6.45, 7) is 12.1. The van der Waals surface area contributed by atoms with Crippen LogP contribution in [0.5, 0.6) is 0 Å². The summed E-state index contributed by atoms with van der Waals surface area (Å²) in [6, 6.07) is 15.7. The number of hydrogen-bond acceptors (Lipinski definition) is 8. The molecule has 0 aliphatic rings. The Morgan fingerprint density at radius 3 is 1.69 bits per heavy atom. The van der Waals surface area contributed by atoms with E-state index in [9.17, 15) is 18.6 Å². The number of nitrogens with one attached hydrogen (secondary N) is 1. The Morgan fingerprint density at radius 2 is 1.31 bits per heavy atom. The highest BCUT2D eigenvalue weighted by Crippen LogP contribution is 2.20. The van der Waals surface area contributed by atoms with Crippen LogP contribution in [0, 0.1) is 6.92 Å². The first kappa shape index (κ1) is 44.5. The Bertz CT molecular complexity index is 988. The normalized spacial score (nSPS) is 14.1. The maximum Gasteiger partial charge on any atom is 0.294 e. The van der Waals surface area contributed by atoms with Crippen LogP contribution in [0.25, 0.3) is 0 Å². The summed E-state index contributed by atoms with van der Waals surface area (Å²) in [5, 5.41) is 38.7. The second-order valence-corrected chi connectivity index (χ2v) is 12.1. The number of rotatable bonds is 13. The van der Waals surface area contributed by atoms with Crippen molar-refractivity contribution in [1.29, 1.82) is 0 Å². The van der Waals surface area contributed by atoms with Crippen LogP contribution in [0.3, 0.4) is 0 Å². The first-order chi connectivity index (χ1) is 19.2. The van der Waals surface area contributed by atoms with E-state index < -0.39 is 10.1 Å². The zero-order valence-electron chi connectivity index (χ0n) is 25.9. The lowest BCUT2D eigenvalue weighted by atomic mass is 9.93. The molecule has 0 saturated heterocycles. The minimum Gasteiger partial charge on any atom is -0.397 e. The number of hydrogen-bond donors (Lipinski definition) is 7. The van der Waals surface area contributed by atoms with Gasteiger partial charge in [-0.05, 0) is 58.2 Å². The summed E-state index contributed by atoms with van der Waals surface area (Å²) in [7, 11) is -4.02. The third-order valence-corrected chi connectivity index (χ3v) is 6.99. The predicted molar refractivity (Wildman–Crippen MR) is 174 cm³/mol. The Morgan fingerprint density at radius 1 is 0.833 bits per heavy atom. The van der Waals surface area contributed by atoms with Crippen LogP contribution in [-0.2, 0) is 10.1 Å². The van der Waals surface area contributed by atoms with E-state index in [0.717, 1.165) is 49.7 Å². The van der Waals surface area contributed by atoms with Gasteiger partial charge in [0, 0.05) is 17.7 Å². The zero-order chi connectivity index (χ0) is 32.0. The molecule has 0 spiro atoms. The molecule has 0 heterocycles. The van der Waals surface area contributed by atoms with Crippen LogP contribution in [-0.4, -0.2) is 70.9 Å². The van der Waals surface area contributed by atoms with Crippen molar-refractivity contribution in [2.24, 2.45) is 5.73 Å². The Kier molecular flexibility index (Phi) is 26.0. The van der Waals surface area contributed by atoms with Gasteiger partial charge in [0.15, 0.2) is 0 Å². The average molecular weight is 617 g/mol. The van der Waals surface area contributed by atoms with E-state index in [1.807, 2.05) is 51.1 Å². The molecule has 0 aromatic heterocycles. The van der Waals surface area contributed by atoms with Crippen LogP contribution in [0.4, 0.5) is 0 Å². The van der Waals surface area contributed by atoms with Gasteiger partial charge in [0.1, 0.15) is 0 Å². The highest BCUT2D eigenvalue weighted by molar-refractivity contribution is 7.85. The van der Waals surface area contributed by atoms with Crippen molar-refractivity contribution in [1.82, 2.24) is 5.32 Å². The highest BCUT2D eigenvalue weighted by atomic mass is 32.2. The molecule has 246 valence electrons. The van der Waals surface area contributed by atoms with Crippen molar-refractivity contribution in [3.05, 3.63) is 65.7 Å². The fourth-order valence-electron chi connectivity index (χ4n) is 3.47. The molecular formula is C32H60N2O7S. The summed E-state index contributed by atoms with van der Waals surface area (Å²) in [5.74, 6) is 0. The van der Waals surface area contributed by atoms with E-state index in [1.54, 1.807) is 19.1 Å². The molecule has 0 amide bonds. The molecule has 8 N–H and O–H groups in total. The Labute approximate surface area is 256 Å². The van der Waals surface area contributed by atoms with Gasteiger partial charge in [-0.15, -0.1) is 0 Å². The molecule has 2 rings (SSSR count). The van der Waals surface area contributed by atoms with Gasteiger partial charge in [-0.2, -0.15) is 8.42 Å². The molecule has 0 radical (unpaired) electrons. The summed E-state index contributed by atoms with van der Waals surface area (Å²) >= 11 is 0. The van der Waals surface area contributed by atoms with Crippen molar-refractivity contribution in [3.63, 3.8) is 0 Å². The lowest BCUT2D eigenvalue weighted by Crippen LogP contribution is -2.48. The molecule has 0 fully saturated rings. The Hall–Kier alpha value is -1.89. The van der Waals surface area contributed by atoms with Gasteiger partial charge >= 0.3 is 0 Å². The van der Waals surface area contributed by atoms with Crippen molar-refractivity contribution >= 4 is 10.1 Å². The topological polar surface area (TPSA) is 173 Å². The van der Waals surface area contributed by atoms with Gasteiger partial charge in [0.2, 0.25) is 0 Å². The summed E-state index contributed by atoms with van der Waals surface area (Å²) < 4.78 is 29.6. The molecule has 3 atom stereocenters. The smallest absolute Gasteiger partial charge is 0.294 e. The molecule has 2 aromatic rings. The maximum atomic E-state index is 10.5. The predicted octanol–water partition coefficient (Wildman–Crippen LogP) is 5.01. The number of aryl methyl sites for hydroxylation is 1. The number of unbranched alkanes of at least 4 members (excludes halogenated alkanes) is 2. The fraction of sp³-hybridized carbons (Fsp3) is 0.625. The molecule has 0 aliphatic carbocycles. The second-order valence-electron chi connectivity index (χ2n) is 10.6. The minimum absolute atomic E-state index is 0. The van der Waals surface area contributed by atoms with E-state index in [-0.39, 0.29) is 55.9 Å². The van der Waals surface area contributed by atoms with Gasteiger partial charge < -0.3 is 31.5 Å². The van der Waals surface area contributed by atoms with Crippen LogP contribution in [0.1, 0.15) is 97.7 Å². The van der Waals surface area contributed by atoms with Crippen LogP contribution in [0.15, 0.2) is 59.5 Å². The molecule has 0 bridgehead atoms. The van der Waals surface area contributed by atoms with Gasteiger partial charge in [0.05, 0.1) is 30.8 Å². The molecule has 9 nitrogen and oxygen atoms in total. The quantitative estimate of drug-likeness (QED) is 0.153. The van der Waals surface area contributed by atoms with Crippen molar-refractivity contribution in [2.75, 3.05) is 26.4 Å². The average Bonchev–Trinajstić information content (AvgIpc) is 2.95. The summed E-state index contributed by atoms with van der Waals surface area (Å²) in [4.78, 5) is -0.0666. The van der Waals surface area contributed by atoms with E-state index in [4.69, 9.17) is 20.5 Å². The summed E-state index contributed by atoms with van der Waals surface area (Å²) in [6.07, 6.45) is 6.24. The number of benzene rings is 2. The van der Waals surface area contributed by atoms with E-state index in [1.165, 1.54) is 12.1 Å². The monoisotopic (exact) mass is 616 g/mol. The molecule has 0 unspecified atom stereocenters. The molecule has 0 saturated carbocycles. The highest BCUT2D eigenvalue weighted by Gasteiger charge is 2.26. The largest absolute Gasteiger partial charge is 0.397 e. The molecular weight excluding hydrogens is 556 g/mol. The zero-order valence-corrected chi connectivity index (χ0v) is 26.7. The van der Waals surface area contributed by atoms with Gasteiger partial charge in [-0.3, -0.25) is 4.55 Å². The van der Waals surface area contributed by atoms with Crippen LogP contribution in [0.2, 0.25) is 0 Å². The van der Waals surface area contributed by atoms with Gasteiger partial charge in [-0.25, -0.2) is 0 Å². The molecule has 10 heteroatoms. The van der Waals surface area contributed by atoms with Crippen molar-refractivity contribution < 1.29 is 33.4 Å². The molecule has 42 heavy (non-hydrogen) atoms. The third-order valence-electron chi connectivity index (χ3n) is 6.12. The first-order valence-electron chi connectivity index (χ1n) is 14.3. The van der Waals surface area contributed by atoms with Crippen LogP contribution >= 0.6 is 0 Å².